The van der Waals surface area contributed by atoms with Crippen molar-refractivity contribution in [3.63, 3.8) is 0 Å². The first-order valence-corrected chi connectivity index (χ1v) is 6.69. The molecule has 0 N–H and O–H groups in total. The van der Waals surface area contributed by atoms with E-state index >= 15 is 0 Å². The van der Waals surface area contributed by atoms with Crippen LogP contribution in [-0.4, -0.2) is 29.3 Å². The Hall–Kier alpha value is -0.290. The third-order valence-electron chi connectivity index (χ3n) is 2.38. The Kier molecular flexibility index (Phi) is 5.39. The van der Waals surface area contributed by atoms with E-state index in [4.69, 9.17) is 21.7 Å². The highest BCUT2D eigenvalue weighted by Crippen LogP contribution is 2.33. The minimum atomic E-state index is -0.103. The van der Waals surface area contributed by atoms with Crippen LogP contribution in [-0.2, 0) is 14.3 Å². The predicted octanol–water partition coefficient (Wildman–Crippen LogP) is 2.38. The van der Waals surface area contributed by atoms with Crippen LogP contribution in [0, 0.1) is 5.92 Å². The molecule has 1 fully saturated rings. The summed E-state index contributed by atoms with van der Waals surface area (Å²) in [5.41, 5.74) is 0. The Balaban J connectivity index is 2.10. The van der Waals surface area contributed by atoms with E-state index in [9.17, 15) is 4.79 Å². The highest BCUT2D eigenvalue weighted by Gasteiger charge is 2.33. The SMILES string of the molecule is CCOC(=O)CC1CC(OC(=S)SC)C1. The van der Waals surface area contributed by atoms with Crippen molar-refractivity contribution in [3.05, 3.63) is 0 Å². The van der Waals surface area contributed by atoms with Crippen LogP contribution in [0.5, 0.6) is 0 Å². The zero-order chi connectivity index (χ0) is 11.3. The third kappa shape index (κ3) is 4.38. The van der Waals surface area contributed by atoms with Gasteiger partial charge in [0.15, 0.2) is 0 Å². The Morgan fingerprint density at radius 2 is 2.20 bits per heavy atom. The molecule has 5 heteroatoms. The van der Waals surface area contributed by atoms with Gasteiger partial charge in [0.2, 0.25) is 4.38 Å². The second-order valence-electron chi connectivity index (χ2n) is 3.54. The molecular formula is C10H16O3S2. The zero-order valence-electron chi connectivity index (χ0n) is 9.02. The van der Waals surface area contributed by atoms with Crippen LogP contribution in [0.25, 0.3) is 0 Å². The van der Waals surface area contributed by atoms with E-state index in [1.807, 2.05) is 13.2 Å². The van der Waals surface area contributed by atoms with Crippen molar-refractivity contribution in [2.45, 2.75) is 32.3 Å². The van der Waals surface area contributed by atoms with Crippen LogP contribution >= 0.6 is 24.0 Å². The van der Waals surface area contributed by atoms with Gasteiger partial charge in [0, 0.05) is 6.42 Å². The maximum Gasteiger partial charge on any atom is 0.306 e. The number of carbonyl (C=O) groups excluding carboxylic acids is 1. The fourth-order valence-electron chi connectivity index (χ4n) is 1.58. The molecule has 3 nitrogen and oxygen atoms in total. The van der Waals surface area contributed by atoms with Crippen LogP contribution in [0.15, 0.2) is 0 Å². The van der Waals surface area contributed by atoms with Crippen molar-refractivity contribution in [1.82, 2.24) is 0 Å². The summed E-state index contributed by atoms with van der Waals surface area (Å²) in [5.74, 6) is 0.312. The third-order valence-corrected chi connectivity index (χ3v) is 3.41. The van der Waals surface area contributed by atoms with Crippen LogP contribution in [0.4, 0.5) is 0 Å². The van der Waals surface area contributed by atoms with Gasteiger partial charge in [-0.1, -0.05) is 11.8 Å². The number of ether oxygens (including phenoxy) is 2. The molecule has 0 aromatic heterocycles. The summed E-state index contributed by atoms with van der Waals surface area (Å²) < 4.78 is 10.9. The van der Waals surface area contributed by atoms with Gasteiger partial charge >= 0.3 is 5.97 Å². The number of thiocarbonyl (C=S) groups is 1. The summed E-state index contributed by atoms with van der Waals surface area (Å²) in [6.45, 7) is 2.28. The Bertz CT molecular complexity index is 237. The number of esters is 1. The van der Waals surface area contributed by atoms with Gasteiger partial charge in [-0.15, -0.1) is 0 Å². The van der Waals surface area contributed by atoms with Gasteiger partial charge in [-0.05, 0) is 44.2 Å². The minimum Gasteiger partial charge on any atom is -0.475 e. The number of carbonyl (C=O) groups is 1. The number of hydrogen-bond acceptors (Lipinski definition) is 5. The Labute approximate surface area is 99.9 Å². The topological polar surface area (TPSA) is 35.5 Å². The standard InChI is InChI=1S/C10H16O3S2/c1-3-12-9(11)6-7-4-8(5-7)13-10(14)15-2/h7-8H,3-6H2,1-2H3. The minimum absolute atomic E-state index is 0.103. The molecule has 1 rings (SSSR count). The number of thioether (sulfide) groups is 1. The van der Waals surface area contributed by atoms with E-state index in [0.717, 1.165) is 12.8 Å². The van der Waals surface area contributed by atoms with Crippen LogP contribution in [0.2, 0.25) is 0 Å². The molecule has 0 aromatic rings. The van der Waals surface area contributed by atoms with E-state index in [0.29, 0.717) is 23.3 Å². The highest BCUT2D eigenvalue weighted by molar-refractivity contribution is 8.22. The quantitative estimate of drug-likeness (QED) is 0.564. The fraction of sp³-hybridized carbons (Fsp3) is 0.800. The average Bonchev–Trinajstić information content (AvgIpc) is 2.14. The van der Waals surface area contributed by atoms with Gasteiger partial charge in [-0.25, -0.2) is 0 Å². The molecule has 1 aliphatic carbocycles. The normalized spacial score (nSPS) is 24.1. The first kappa shape index (κ1) is 12.8. The molecular weight excluding hydrogens is 232 g/mol. The second kappa shape index (κ2) is 6.33. The summed E-state index contributed by atoms with van der Waals surface area (Å²) in [7, 11) is 0. The van der Waals surface area contributed by atoms with Gasteiger partial charge in [0.1, 0.15) is 6.10 Å². The maximum absolute atomic E-state index is 11.1. The largest absolute Gasteiger partial charge is 0.475 e. The molecule has 0 unspecified atom stereocenters. The van der Waals surface area contributed by atoms with Crippen LogP contribution in [0.3, 0.4) is 0 Å². The Morgan fingerprint density at radius 1 is 1.53 bits per heavy atom. The second-order valence-corrected chi connectivity index (χ2v) is 4.95. The van der Waals surface area contributed by atoms with E-state index in [-0.39, 0.29) is 12.1 Å². The smallest absolute Gasteiger partial charge is 0.306 e. The first-order valence-electron chi connectivity index (χ1n) is 5.06. The summed E-state index contributed by atoms with van der Waals surface area (Å²) in [4.78, 5) is 11.1. The molecule has 0 bridgehead atoms. The highest BCUT2D eigenvalue weighted by atomic mass is 32.2. The predicted molar refractivity (Wildman–Crippen MR) is 65.0 cm³/mol. The van der Waals surface area contributed by atoms with Gasteiger partial charge in [0.25, 0.3) is 0 Å². The molecule has 0 amide bonds. The van der Waals surface area contributed by atoms with Gasteiger partial charge in [0.05, 0.1) is 6.61 Å². The fourth-order valence-corrected chi connectivity index (χ4v) is 1.95. The van der Waals surface area contributed by atoms with Crippen molar-refractivity contribution >= 4 is 34.3 Å². The molecule has 0 atom stereocenters. The summed E-state index contributed by atoms with van der Waals surface area (Å²) in [6.07, 6.45) is 4.46. The summed E-state index contributed by atoms with van der Waals surface area (Å²) in [6, 6.07) is 0. The van der Waals surface area contributed by atoms with Crippen LogP contribution < -0.4 is 0 Å². The molecule has 0 aliphatic heterocycles. The van der Waals surface area contributed by atoms with Crippen molar-refractivity contribution < 1.29 is 14.3 Å². The van der Waals surface area contributed by atoms with E-state index in [1.54, 1.807) is 0 Å². The summed E-state index contributed by atoms with van der Waals surface area (Å²) >= 11 is 6.39. The van der Waals surface area contributed by atoms with E-state index < -0.39 is 0 Å². The monoisotopic (exact) mass is 248 g/mol. The number of hydrogen-bond donors (Lipinski definition) is 0. The molecule has 0 radical (unpaired) electrons. The van der Waals surface area contributed by atoms with Crippen molar-refractivity contribution in [3.8, 4) is 0 Å². The lowest BCUT2D eigenvalue weighted by molar-refractivity contribution is -0.145. The van der Waals surface area contributed by atoms with Crippen molar-refractivity contribution in [2.75, 3.05) is 12.9 Å². The maximum atomic E-state index is 11.1. The van der Waals surface area contributed by atoms with Crippen LogP contribution in [0.1, 0.15) is 26.2 Å². The van der Waals surface area contributed by atoms with Gasteiger partial charge in [-0.3, -0.25) is 4.79 Å². The Morgan fingerprint density at radius 3 is 2.73 bits per heavy atom. The molecule has 1 aliphatic rings. The van der Waals surface area contributed by atoms with E-state index in [1.165, 1.54) is 11.8 Å². The molecule has 0 heterocycles. The zero-order valence-corrected chi connectivity index (χ0v) is 10.7. The molecule has 86 valence electrons. The molecule has 0 saturated heterocycles. The average molecular weight is 248 g/mol. The lowest BCUT2D eigenvalue weighted by Crippen LogP contribution is -2.33. The van der Waals surface area contributed by atoms with Crippen molar-refractivity contribution in [1.29, 1.82) is 0 Å². The van der Waals surface area contributed by atoms with Gasteiger partial charge < -0.3 is 9.47 Å². The lowest BCUT2D eigenvalue weighted by Gasteiger charge is -2.34. The van der Waals surface area contributed by atoms with Gasteiger partial charge in [-0.2, -0.15) is 0 Å². The molecule has 0 spiro atoms. The first-order chi connectivity index (χ1) is 7.15. The molecule has 0 aromatic carbocycles. The van der Waals surface area contributed by atoms with Crippen molar-refractivity contribution in [2.24, 2.45) is 5.92 Å². The summed E-state index contributed by atoms with van der Waals surface area (Å²) in [5, 5.41) is 0. The van der Waals surface area contributed by atoms with E-state index in [2.05, 4.69) is 0 Å². The molecule has 15 heavy (non-hydrogen) atoms. The molecule has 1 saturated carbocycles. The number of rotatable bonds is 4. The lowest BCUT2D eigenvalue weighted by atomic mass is 9.80.